The van der Waals surface area contributed by atoms with Gasteiger partial charge in [-0.2, -0.15) is 0 Å². The number of rotatable bonds is 52. The lowest BCUT2D eigenvalue weighted by atomic mass is 9.97. The van der Waals surface area contributed by atoms with Crippen molar-refractivity contribution in [2.75, 3.05) is 119 Å². The zero-order valence-corrected chi connectivity index (χ0v) is 59.8. The van der Waals surface area contributed by atoms with E-state index >= 15 is 0 Å². The summed E-state index contributed by atoms with van der Waals surface area (Å²) in [5.41, 5.74) is 0. The molecule has 0 aromatic rings. The molecule has 0 aromatic carbocycles. The Morgan fingerprint density at radius 1 is 0.404 bits per heavy atom. The van der Waals surface area contributed by atoms with Crippen LogP contribution in [0.4, 0.5) is 0 Å². The summed E-state index contributed by atoms with van der Waals surface area (Å²) in [5.74, 6) is -4.90. The highest BCUT2D eigenvalue weighted by molar-refractivity contribution is 5.90. The zero-order chi connectivity index (χ0) is 76.5. The maximum absolute atomic E-state index is 13.8. The largest absolute Gasteiger partial charge is 0.394 e. The minimum absolute atomic E-state index is 0.0221. The number of ether oxygens (including phenoxy) is 11. The summed E-state index contributed by atoms with van der Waals surface area (Å²) >= 11 is 0. The molecule has 39 heteroatoms. The average molecular weight is 1500 g/mol. The second-order valence-electron chi connectivity index (χ2n) is 25.7. The first kappa shape index (κ1) is 90.8. The number of nitrogens with one attached hydrogen (secondary N) is 9. The van der Waals surface area contributed by atoms with Crippen molar-refractivity contribution < 1.29 is 146 Å². The molecule has 0 saturated carbocycles. The van der Waals surface area contributed by atoms with Gasteiger partial charge in [0, 0.05) is 86.2 Å². The van der Waals surface area contributed by atoms with E-state index in [1.54, 1.807) is 0 Å². The predicted molar refractivity (Wildman–Crippen MR) is 358 cm³/mol. The third-order valence-corrected chi connectivity index (χ3v) is 17.3. The number of unbranched alkanes of at least 4 members (excludes halogenated alkanes) is 7. The average Bonchev–Trinajstić information content (AvgIpc) is 0.937. The first-order chi connectivity index (χ1) is 49.8. The Kier molecular flexibility index (Phi) is 44.4. The Balaban J connectivity index is 1.32. The van der Waals surface area contributed by atoms with Gasteiger partial charge in [0.1, 0.15) is 91.2 Å². The van der Waals surface area contributed by atoms with Gasteiger partial charge in [0.05, 0.1) is 98.1 Å². The molecule has 39 nitrogen and oxygen atoms in total. The fourth-order valence-corrected chi connectivity index (χ4v) is 11.7. The molecule has 104 heavy (non-hydrogen) atoms. The first-order valence-electron chi connectivity index (χ1n) is 35.6. The minimum atomic E-state index is -1.54. The summed E-state index contributed by atoms with van der Waals surface area (Å²) in [6.45, 7) is 1.01. The highest BCUT2D eigenvalue weighted by atomic mass is 16.7. The van der Waals surface area contributed by atoms with E-state index in [4.69, 9.17) is 52.1 Å². The summed E-state index contributed by atoms with van der Waals surface area (Å²) < 4.78 is 61.2. The molecule has 20 atom stereocenters. The molecule has 4 rings (SSSR count). The SMILES string of the molecule is COC[C@@H]1O[C@@H](CNC(=O)CCCCCCCCCCC(=O)NC(CCC(=O)NC(CCC(=O)NCCOCCOC2OC(CO)C(O)C(O)C2NC(C)=O)C(=O)NCCOCCOC2O[C@H](CO)C(O)C(O)C2NC(C)=O)C(=O)NCCOCCOC2OC(CO)C(O)C(O)C2NC(C)=O)C[C@H]1O. The van der Waals surface area contributed by atoms with E-state index in [-0.39, 0.29) is 123 Å². The van der Waals surface area contributed by atoms with E-state index in [2.05, 4.69) is 47.9 Å². The van der Waals surface area contributed by atoms with Gasteiger partial charge in [0.25, 0.3) is 0 Å². The van der Waals surface area contributed by atoms with Crippen LogP contribution in [0, 0.1) is 0 Å². The molecule has 0 spiro atoms. The third kappa shape index (κ3) is 33.7. The number of hydrogen-bond donors (Lipinski definition) is 19. The Labute approximate surface area is 604 Å². The standard InChI is InChI=1S/C65H115N9O30/c1-37(78)70-52-58(89)55(86)44(33-75)102-63(52)98-28-25-95-22-19-66-49(83)17-15-41(61(92)67-20-23-96-26-29-99-64-53(71-38(2)79)59(90)56(87)45(34-76)103-64)74-51(85)18-16-42(62(93)68-21-24-97-27-30-100-65-54(72-39(3)80)60(91)57(88)46(35-77)104-65)73-50(84)14-12-10-8-6-5-7-9-11-13-48(82)69-32-40-31-43(81)47(101-40)36-94-4/h40-47,52-60,63-65,75-77,81,86-91H,5-36H2,1-4H3,(H,66,83)(H,67,92)(H,68,93)(H,69,82)(H,70,78)(H,71,79)(H,72,80)(H,73,84)(H,74,85)/t40-,41?,42?,43-,44?,45-,46?,47+,52?,53?,54?,55?,56?,57?,58?,59?,60?,63?,64?,65?/m1/s1. The first-order valence-corrected chi connectivity index (χ1v) is 35.6. The Hall–Kier alpha value is -5.61. The highest BCUT2D eigenvalue weighted by Gasteiger charge is 2.48. The monoisotopic (exact) mass is 1500 g/mol. The van der Waals surface area contributed by atoms with Crippen molar-refractivity contribution in [3.63, 3.8) is 0 Å². The molecule has 4 aliphatic heterocycles. The lowest BCUT2D eigenvalue weighted by Gasteiger charge is -2.42. The van der Waals surface area contributed by atoms with Crippen LogP contribution in [0.5, 0.6) is 0 Å². The Morgan fingerprint density at radius 3 is 1.12 bits per heavy atom. The molecular formula is C65H115N9O30. The minimum Gasteiger partial charge on any atom is -0.394 e. The van der Waals surface area contributed by atoms with E-state index < -0.39 is 190 Å². The normalized spacial score (nSPS) is 28.1. The molecule has 4 heterocycles. The summed E-state index contributed by atoms with van der Waals surface area (Å²) in [6.07, 6.45) is -12.1. The molecule has 9 amide bonds. The van der Waals surface area contributed by atoms with Crippen molar-refractivity contribution in [1.82, 2.24) is 47.9 Å². The van der Waals surface area contributed by atoms with E-state index in [9.17, 15) is 94.2 Å². The van der Waals surface area contributed by atoms with E-state index in [0.717, 1.165) is 32.1 Å². The van der Waals surface area contributed by atoms with Gasteiger partial charge in [-0.1, -0.05) is 38.5 Å². The number of aliphatic hydroxyl groups excluding tert-OH is 10. The van der Waals surface area contributed by atoms with Crippen LogP contribution >= 0.6 is 0 Å². The summed E-state index contributed by atoms with van der Waals surface area (Å²) in [6, 6.07) is -6.16. The molecule has 4 aliphatic rings. The van der Waals surface area contributed by atoms with Gasteiger partial charge >= 0.3 is 0 Å². The summed E-state index contributed by atoms with van der Waals surface area (Å²) in [5, 5.41) is 125. The van der Waals surface area contributed by atoms with Crippen LogP contribution < -0.4 is 47.9 Å². The van der Waals surface area contributed by atoms with E-state index in [1.165, 1.54) is 27.9 Å². The van der Waals surface area contributed by atoms with Crippen molar-refractivity contribution >= 4 is 53.2 Å². The van der Waals surface area contributed by atoms with Crippen LogP contribution in [0.2, 0.25) is 0 Å². The van der Waals surface area contributed by atoms with E-state index in [1.807, 2.05) is 0 Å². The van der Waals surface area contributed by atoms with Crippen molar-refractivity contribution in [1.29, 1.82) is 0 Å². The molecule has 0 aliphatic carbocycles. The van der Waals surface area contributed by atoms with Crippen LogP contribution in [0.15, 0.2) is 0 Å². The lowest BCUT2D eigenvalue weighted by molar-refractivity contribution is -0.272. The topological polar surface area (TPSA) is 566 Å². The molecule has 0 bridgehead atoms. The maximum Gasteiger partial charge on any atom is 0.242 e. The predicted octanol–water partition coefficient (Wildman–Crippen LogP) is -8.02. The number of methoxy groups -OCH3 is 1. The lowest BCUT2D eigenvalue weighted by Crippen LogP contribution is -2.64. The Bertz CT molecular complexity index is 2540. The molecule has 4 saturated heterocycles. The number of carbonyl (C=O) groups is 9. The number of aliphatic hydroxyl groups is 10. The molecule has 0 radical (unpaired) electrons. The molecule has 600 valence electrons. The van der Waals surface area contributed by atoms with Crippen LogP contribution in [0.3, 0.4) is 0 Å². The fourth-order valence-electron chi connectivity index (χ4n) is 11.7. The number of carbonyl (C=O) groups excluding carboxylic acids is 9. The molecule has 19 N–H and O–H groups in total. The highest BCUT2D eigenvalue weighted by Crippen LogP contribution is 2.26. The van der Waals surface area contributed by atoms with Gasteiger partial charge in [-0.15, -0.1) is 0 Å². The number of hydrogen-bond acceptors (Lipinski definition) is 30. The summed E-state index contributed by atoms with van der Waals surface area (Å²) in [7, 11) is 1.53. The van der Waals surface area contributed by atoms with Gasteiger partial charge in [0.15, 0.2) is 18.9 Å². The third-order valence-electron chi connectivity index (χ3n) is 17.3. The maximum atomic E-state index is 13.8. The zero-order valence-electron chi connectivity index (χ0n) is 59.8. The fraction of sp³-hybridized carbons (Fsp3) is 0.862. The van der Waals surface area contributed by atoms with Gasteiger partial charge < -0.3 is 151 Å². The quantitative estimate of drug-likeness (QED) is 0.0252. The van der Waals surface area contributed by atoms with Crippen LogP contribution in [0.25, 0.3) is 0 Å². The number of amides is 9. The van der Waals surface area contributed by atoms with Crippen molar-refractivity contribution in [3.8, 4) is 0 Å². The van der Waals surface area contributed by atoms with Gasteiger partial charge in [-0.3, -0.25) is 43.2 Å². The smallest absolute Gasteiger partial charge is 0.242 e. The summed E-state index contributed by atoms with van der Waals surface area (Å²) in [4.78, 5) is 116. The van der Waals surface area contributed by atoms with Crippen LogP contribution in [0.1, 0.15) is 117 Å². The molecule has 0 aromatic heterocycles. The van der Waals surface area contributed by atoms with Crippen LogP contribution in [-0.2, 0) is 95.3 Å². The van der Waals surface area contributed by atoms with E-state index in [0.29, 0.717) is 38.6 Å². The molecule has 16 unspecified atom stereocenters. The van der Waals surface area contributed by atoms with Gasteiger partial charge in [-0.25, -0.2) is 0 Å². The second kappa shape index (κ2) is 50.9. The Morgan fingerprint density at radius 2 is 0.750 bits per heavy atom. The second-order valence-corrected chi connectivity index (χ2v) is 25.7. The van der Waals surface area contributed by atoms with Crippen molar-refractivity contribution in [2.24, 2.45) is 0 Å². The molecular weight excluding hydrogens is 1390 g/mol. The van der Waals surface area contributed by atoms with Gasteiger partial charge in [-0.05, 0) is 25.7 Å². The van der Waals surface area contributed by atoms with Gasteiger partial charge in [0.2, 0.25) is 53.2 Å². The van der Waals surface area contributed by atoms with Crippen molar-refractivity contribution in [2.45, 2.75) is 239 Å². The van der Waals surface area contributed by atoms with Crippen molar-refractivity contribution in [3.05, 3.63) is 0 Å². The molecule has 4 fully saturated rings. The van der Waals surface area contributed by atoms with Crippen LogP contribution in [-0.4, -0.2) is 346 Å².